The summed E-state index contributed by atoms with van der Waals surface area (Å²) in [4.78, 5) is 0. The minimum absolute atomic E-state index is 0.0862. The first kappa shape index (κ1) is 9.01. The average Bonchev–Trinajstić information content (AvgIpc) is 2.47. The zero-order valence-electron chi connectivity index (χ0n) is 7.39. The Morgan fingerprint density at radius 2 is 2.07 bits per heavy atom. The Morgan fingerprint density at radius 1 is 1.36 bits per heavy atom. The molecule has 0 amide bonds. The van der Waals surface area contributed by atoms with E-state index in [4.69, 9.17) is 0 Å². The summed E-state index contributed by atoms with van der Waals surface area (Å²) >= 11 is 0. The van der Waals surface area contributed by atoms with Crippen LogP contribution < -0.4 is 4.18 Å². The minimum Gasteiger partial charge on any atom is -0.359 e. The van der Waals surface area contributed by atoms with Gasteiger partial charge in [-0.25, -0.2) is 0 Å². The second-order valence-electron chi connectivity index (χ2n) is 2.86. The van der Waals surface area contributed by atoms with E-state index >= 15 is 0 Å². The van der Waals surface area contributed by atoms with Crippen molar-refractivity contribution in [2.45, 2.75) is 0 Å². The van der Waals surface area contributed by atoms with Crippen molar-refractivity contribution in [3.63, 3.8) is 0 Å². The lowest BCUT2D eigenvalue weighted by Gasteiger charge is -1.97. The van der Waals surface area contributed by atoms with E-state index in [0.717, 1.165) is 11.8 Å². The molecule has 2 rings (SSSR count). The molecule has 14 heavy (non-hydrogen) atoms. The lowest BCUT2D eigenvalue weighted by Crippen LogP contribution is -2.06. The van der Waals surface area contributed by atoms with Gasteiger partial charge in [0.05, 0.1) is 17.2 Å². The van der Waals surface area contributed by atoms with Crippen molar-refractivity contribution < 1.29 is 12.6 Å². The number of para-hydroxylation sites is 1. The highest BCUT2D eigenvalue weighted by atomic mass is 32.2. The third-order valence-corrected chi connectivity index (χ3v) is 2.13. The van der Waals surface area contributed by atoms with Gasteiger partial charge < -0.3 is 4.18 Å². The number of nitrogens with zero attached hydrogens (tertiary/aromatic N) is 1. The number of fused-ring (bicyclic) bond motifs is 1. The van der Waals surface area contributed by atoms with Crippen molar-refractivity contribution in [1.29, 1.82) is 0 Å². The van der Waals surface area contributed by atoms with E-state index in [1.807, 2.05) is 6.07 Å². The Hall–Kier alpha value is -1.56. The van der Waals surface area contributed by atoms with Crippen LogP contribution >= 0.6 is 0 Å². The Bertz CT molecular complexity index is 559. The van der Waals surface area contributed by atoms with E-state index in [2.05, 4.69) is 14.4 Å². The van der Waals surface area contributed by atoms with Crippen LogP contribution in [0, 0.1) is 0 Å². The molecule has 1 N–H and O–H groups in total. The summed E-state index contributed by atoms with van der Waals surface area (Å²) in [5, 5.41) is 7.08. The Kier molecular flexibility index (Phi) is 1.92. The summed E-state index contributed by atoms with van der Waals surface area (Å²) in [6, 6.07) is 7.13. The first-order valence-electron chi connectivity index (χ1n) is 3.89. The molecule has 0 spiro atoms. The van der Waals surface area contributed by atoms with Crippen LogP contribution in [0.3, 0.4) is 0 Å². The molecule has 1 aromatic heterocycles. The molecule has 0 fully saturated rings. The quantitative estimate of drug-likeness (QED) is 0.751. The first-order chi connectivity index (χ1) is 6.56. The fourth-order valence-electron chi connectivity index (χ4n) is 1.15. The molecule has 0 atom stereocenters. The van der Waals surface area contributed by atoms with Crippen LogP contribution in [0.25, 0.3) is 10.9 Å². The monoisotopic (exact) mass is 212 g/mol. The number of aromatic nitrogens is 2. The fourth-order valence-corrected chi connectivity index (χ4v) is 1.56. The second kappa shape index (κ2) is 2.98. The molecule has 2 aromatic rings. The van der Waals surface area contributed by atoms with Gasteiger partial charge in [-0.1, -0.05) is 12.1 Å². The maximum absolute atomic E-state index is 10.9. The van der Waals surface area contributed by atoms with E-state index in [1.54, 1.807) is 18.2 Å². The van der Waals surface area contributed by atoms with Gasteiger partial charge in [-0.15, -0.1) is 5.10 Å². The largest absolute Gasteiger partial charge is 0.359 e. The van der Waals surface area contributed by atoms with E-state index in [-0.39, 0.29) is 5.88 Å². The molecule has 0 unspecified atom stereocenters. The number of hydrogen-bond donors (Lipinski definition) is 1. The van der Waals surface area contributed by atoms with Crippen molar-refractivity contribution in [3.05, 3.63) is 24.3 Å². The molecule has 0 aliphatic heterocycles. The van der Waals surface area contributed by atoms with Crippen molar-refractivity contribution in [1.82, 2.24) is 10.2 Å². The molecule has 0 aliphatic carbocycles. The molecule has 1 heterocycles. The Labute approximate surface area is 80.8 Å². The van der Waals surface area contributed by atoms with Crippen LogP contribution in [0.5, 0.6) is 5.88 Å². The summed E-state index contributed by atoms with van der Waals surface area (Å²) in [7, 11) is -3.52. The van der Waals surface area contributed by atoms with Gasteiger partial charge in [0, 0.05) is 0 Å². The van der Waals surface area contributed by atoms with Crippen LogP contribution in [0.1, 0.15) is 0 Å². The standard InChI is InChI=1S/C8H8N2O3S/c1-14(11,12)13-8-6-4-2-3-5-7(6)9-10-8/h2-5H,1H3,(H,9,10). The molecule has 0 bridgehead atoms. The zero-order chi connectivity index (χ0) is 10.2. The van der Waals surface area contributed by atoms with Crippen LogP contribution in [-0.2, 0) is 10.1 Å². The SMILES string of the molecule is CS(=O)(=O)Oc1n[nH]c2ccccc12. The number of hydrogen-bond acceptors (Lipinski definition) is 4. The molecule has 5 nitrogen and oxygen atoms in total. The highest BCUT2D eigenvalue weighted by Gasteiger charge is 2.10. The van der Waals surface area contributed by atoms with Crippen LogP contribution in [0.15, 0.2) is 24.3 Å². The molecule has 0 saturated carbocycles. The number of aromatic amines is 1. The highest BCUT2D eigenvalue weighted by Crippen LogP contribution is 2.22. The van der Waals surface area contributed by atoms with Crippen LogP contribution in [0.4, 0.5) is 0 Å². The maximum Gasteiger partial charge on any atom is 0.307 e. The van der Waals surface area contributed by atoms with E-state index in [0.29, 0.717) is 5.39 Å². The molecule has 0 aliphatic rings. The number of nitrogens with one attached hydrogen (secondary N) is 1. The molecule has 1 aromatic carbocycles. The van der Waals surface area contributed by atoms with Gasteiger partial charge in [0.1, 0.15) is 0 Å². The molecular weight excluding hydrogens is 204 g/mol. The van der Waals surface area contributed by atoms with Crippen molar-refractivity contribution >= 4 is 21.0 Å². The Morgan fingerprint density at radius 3 is 2.79 bits per heavy atom. The Balaban J connectivity index is 2.54. The van der Waals surface area contributed by atoms with Gasteiger partial charge >= 0.3 is 10.1 Å². The van der Waals surface area contributed by atoms with E-state index < -0.39 is 10.1 Å². The summed E-state index contributed by atoms with van der Waals surface area (Å²) in [6.07, 6.45) is 0.983. The van der Waals surface area contributed by atoms with Gasteiger partial charge in [0.2, 0.25) is 0 Å². The molecule has 0 saturated heterocycles. The predicted molar refractivity (Wildman–Crippen MR) is 51.6 cm³/mol. The fraction of sp³-hybridized carbons (Fsp3) is 0.125. The van der Waals surface area contributed by atoms with Gasteiger partial charge in [0.25, 0.3) is 5.88 Å². The lowest BCUT2D eigenvalue weighted by molar-refractivity contribution is 0.484. The third kappa shape index (κ3) is 1.69. The maximum atomic E-state index is 10.9. The molecular formula is C8H8N2O3S. The van der Waals surface area contributed by atoms with Crippen molar-refractivity contribution in [2.75, 3.05) is 6.26 Å². The zero-order valence-corrected chi connectivity index (χ0v) is 8.21. The third-order valence-electron chi connectivity index (χ3n) is 1.67. The molecule has 0 radical (unpaired) electrons. The summed E-state index contributed by atoms with van der Waals surface area (Å²) in [6.45, 7) is 0. The molecule has 6 heteroatoms. The average molecular weight is 212 g/mol. The van der Waals surface area contributed by atoms with E-state index in [9.17, 15) is 8.42 Å². The van der Waals surface area contributed by atoms with Crippen molar-refractivity contribution in [2.24, 2.45) is 0 Å². The highest BCUT2D eigenvalue weighted by molar-refractivity contribution is 7.86. The normalized spacial score (nSPS) is 11.8. The van der Waals surface area contributed by atoms with Crippen LogP contribution in [-0.4, -0.2) is 24.9 Å². The summed E-state index contributed by atoms with van der Waals surface area (Å²) < 4.78 is 26.4. The first-order valence-corrected chi connectivity index (χ1v) is 5.70. The molecule has 74 valence electrons. The van der Waals surface area contributed by atoms with Crippen LogP contribution in [0.2, 0.25) is 0 Å². The second-order valence-corrected chi connectivity index (χ2v) is 4.44. The lowest BCUT2D eigenvalue weighted by atomic mass is 10.2. The van der Waals surface area contributed by atoms with Crippen molar-refractivity contribution in [3.8, 4) is 5.88 Å². The van der Waals surface area contributed by atoms with Gasteiger partial charge in [-0.3, -0.25) is 5.10 Å². The van der Waals surface area contributed by atoms with Gasteiger partial charge in [-0.2, -0.15) is 8.42 Å². The topological polar surface area (TPSA) is 72.1 Å². The number of rotatable bonds is 2. The van der Waals surface area contributed by atoms with Gasteiger partial charge in [0.15, 0.2) is 0 Å². The smallest absolute Gasteiger partial charge is 0.307 e. The van der Waals surface area contributed by atoms with E-state index in [1.165, 1.54) is 0 Å². The summed E-state index contributed by atoms with van der Waals surface area (Å²) in [5.41, 5.74) is 0.742. The summed E-state index contributed by atoms with van der Waals surface area (Å²) in [5.74, 6) is 0.0862. The number of H-pyrrole nitrogens is 1. The minimum atomic E-state index is -3.52. The predicted octanol–water partition coefficient (Wildman–Crippen LogP) is 0.901. The van der Waals surface area contributed by atoms with Gasteiger partial charge in [-0.05, 0) is 12.1 Å². The number of benzene rings is 1.